The number of carbonyl (C=O) groups is 2. The molecule has 3 aromatic rings. The summed E-state index contributed by atoms with van der Waals surface area (Å²) in [4.78, 5) is 28.2. The maximum Gasteiger partial charge on any atom is 0.264 e. The summed E-state index contributed by atoms with van der Waals surface area (Å²) in [7, 11) is -4.10. The molecule has 3 rings (SSSR count). The molecule has 0 aromatic heterocycles. The highest BCUT2D eigenvalue weighted by atomic mass is 35.5. The first-order chi connectivity index (χ1) is 17.9. The number of aryl methyl sites for hydroxylation is 1. The smallest absolute Gasteiger partial charge is 0.264 e. The molecule has 0 heterocycles. The minimum atomic E-state index is -4.10. The molecule has 0 radical (unpaired) electrons. The molecule has 1 N–H and O–H groups in total. The fourth-order valence-corrected chi connectivity index (χ4v) is 5.54. The summed E-state index contributed by atoms with van der Waals surface area (Å²) in [5, 5.41) is 3.49. The van der Waals surface area contributed by atoms with Crippen LogP contribution in [0.3, 0.4) is 0 Å². The van der Waals surface area contributed by atoms with Gasteiger partial charge in [0.2, 0.25) is 11.8 Å². The van der Waals surface area contributed by atoms with Gasteiger partial charge >= 0.3 is 0 Å². The molecule has 0 aliphatic rings. The number of amides is 2. The maximum atomic E-state index is 13.8. The first kappa shape index (κ1) is 29.5. The lowest BCUT2D eigenvalue weighted by atomic mass is 10.1. The summed E-state index contributed by atoms with van der Waals surface area (Å²) < 4.78 is 28.5. The van der Waals surface area contributed by atoms with Crippen molar-refractivity contribution in [1.82, 2.24) is 10.2 Å². The Labute approximate surface area is 234 Å². The Hall–Kier alpha value is -3.07. The molecule has 0 aliphatic carbocycles. The number of benzene rings is 3. The Balaban J connectivity index is 2.02. The predicted molar refractivity (Wildman–Crippen MR) is 152 cm³/mol. The zero-order valence-electron chi connectivity index (χ0n) is 21.7. The molecular weight excluding hydrogens is 545 g/mol. The van der Waals surface area contributed by atoms with Gasteiger partial charge in [-0.15, -0.1) is 0 Å². The second kappa shape index (κ2) is 12.7. The maximum absolute atomic E-state index is 13.8. The molecule has 38 heavy (non-hydrogen) atoms. The second-order valence-corrected chi connectivity index (χ2v) is 11.9. The van der Waals surface area contributed by atoms with E-state index in [0.717, 1.165) is 9.87 Å². The van der Waals surface area contributed by atoms with Crippen LogP contribution in [0.4, 0.5) is 5.69 Å². The average molecular weight is 577 g/mol. The molecule has 0 fully saturated rings. The number of nitrogens with one attached hydrogen (secondary N) is 1. The predicted octanol–water partition coefficient (Wildman–Crippen LogP) is 5.44. The fraction of sp³-hybridized carbons (Fsp3) is 0.286. The molecule has 0 spiro atoms. The number of hydrogen-bond donors (Lipinski definition) is 1. The summed E-state index contributed by atoms with van der Waals surface area (Å²) in [6.45, 7) is 6.65. The van der Waals surface area contributed by atoms with E-state index in [1.165, 1.54) is 17.0 Å². The van der Waals surface area contributed by atoms with Crippen molar-refractivity contribution in [2.45, 2.75) is 51.2 Å². The fourth-order valence-electron chi connectivity index (χ4n) is 3.78. The van der Waals surface area contributed by atoms with Crippen LogP contribution in [0, 0.1) is 6.92 Å². The minimum absolute atomic E-state index is 0.0233. The van der Waals surface area contributed by atoms with Crippen LogP contribution in [0.2, 0.25) is 10.0 Å². The molecular formula is C28H31Cl2N3O4S. The summed E-state index contributed by atoms with van der Waals surface area (Å²) in [6, 6.07) is 18.7. The average Bonchev–Trinajstić information content (AvgIpc) is 2.88. The van der Waals surface area contributed by atoms with Gasteiger partial charge in [0, 0.05) is 12.6 Å². The number of carbonyl (C=O) groups excluding carboxylic acids is 2. The summed E-state index contributed by atoms with van der Waals surface area (Å²) in [6.07, 6.45) is 0. The van der Waals surface area contributed by atoms with Crippen LogP contribution in [0.25, 0.3) is 0 Å². The van der Waals surface area contributed by atoms with Crippen molar-refractivity contribution in [3.8, 4) is 0 Å². The molecule has 7 nitrogen and oxygen atoms in total. The number of hydrogen-bond acceptors (Lipinski definition) is 4. The molecule has 0 saturated carbocycles. The van der Waals surface area contributed by atoms with Gasteiger partial charge in [-0.1, -0.05) is 65.2 Å². The van der Waals surface area contributed by atoms with Crippen molar-refractivity contribution in [3.05, 3.63) is 94.0 Å². The quantitative estimate of drug-likeness (QED) is 0.348. The van der Waals surface area contributed by atoms with Crippen LogP contribution in [0.15, 0.2) is 77.7 Å². The molecule has 2 amide bonds. The Kier molecular flexibility index (Phi) is 9.82. The van der Waals surface area contributed by atoms with E-state index in [9.17, 15) is 18.0 Å². The van der Waals surface area contributed by atoms with E-state index in [2.05, 4.69) is 5.32 Å². The molecule has 3 aromatic carbocycles. The third-order valence-electron chi connectivity index (χ3n) is 5.87. The molecule has 0 aliphatic heterocycles. The van der Waals surface area contributed by atoms with Crippen LogP contribution < -0.4 is 9.62 Å². The van der Waals surface area contributed by atoms with Gasteiger partial charge in [0.25, 0.3) is 10.0 Å². The zero-order valence-corrected chi connectivity index (χ0v) is 24.0. The lowest BCUT2D eigenvalue weighted by Gasteiger charge is -2.32. The van der Waals surface area contributed by atoms with Crippen molar-refractivity contribution in [2.24, 2.45) is 0 Å². The summed E-state index contributed by atoms with van der Waals surface area (Å²) >= 11 is 12.2. The topological polar surface area (TPSA) is 86.8 Å². The number of nitrogens with zero attached hydrogens (tertiary/aromatic N) is 2. The van der Waals surface area contributed by atoms with E-state index >= 15 is 0 Å². The van der Waals surface area contributed by atoms with E-state index < -0.39 is 28.5 Å². The van der Waals surface area contributed by atoms with Gasteiger partial charge in [-0.2, -0.15) is 0 Å². The van der Waals surface area contributed by atoms with E-state index in [4.69, 9.17) is 23.2 Å². The van der Waals surface area contributed by atoms with Crippen LogP contribution >= 0.6 is 23.2 Å². The molecule has 0 unspecified atom stereocenters. The summed E-state index contributed by atoms with van der Waals surface area (Å²) in [5.74, 6) is -0.913. The molecule has 0 saturated heterocycles. The standard InChI is InChI=1S/C28H31Cl2N3O4S/c1-19(2)31-28(35)21(4)32(17-22-12-15-25(29)26(30)16-22)27(34)18-33(23-13-10-20(3)11-14-23)38(36,37)24-8-6-5-7-9-24/h5-16,19,21H,17-18H2,1-4H3,(H,31,35)/t21-/m1/s1. The van der Waals surface area contributed by atoms with Crippen LogP contribution in [0.5, 0.6) is 0 Å². The van der Waals surface area contributed by atoms with Crippen molar-refractivity contribution in [3.63, 3.8) is 0 Å². The minimum Gasteiger partial charge on any atom is -0.352 e. The zero-order chi connectivity index (χ0) is 28.0. The van der Waals surface area contributed by atoms with Gasteiger partial charge in [0.1, 0.15) is 12.6 Å². The lowest BCUT2D eigenvalue weighted by molar-refractivity contribution is -0.139. The van der Waals surface area contributed by atoms with E-state index in [1.807, 2.05) is 20.8 Å². The molecule has 202 valence electrons. The normalized spacial score (nSPS) is 12.2. The number of anilines is 1. The van der Waals surface area contributed by atoms with Crippen molar-refractivity contribution in [2.75, 3.05) is 10.8 Å². The lowest BCUT2D eigenvalue weighted by Crippen LogP contribution is -2.52. The first-order valence-electron chi connectivity index (χ1n) is 12.1. The van der Waals surface area contributed by atoms with E-state index in [-0.39, 0.29) is 23.4 Å². The Morgan fingerprint density at radius 1 is 0.895 bits per heavy atom. The van der Waals surface area contributed by atoms with Crippen LogP contribution in [-0.4, -0.2) is 43.8 Å². The number of halogens is 2. The van der Waals surface area contributed by atoms with Gasteiger partial charge in [0.15, 0.2) is 0 Å². The van der Waals surface area contributed by atoms with Crippen LogP contribution in [-0.2, 0) is 26.2 Å². The van der Waals surface area contributed by atoms with Gasteiger partial charge < -0.3 is 10.2 Å². The van der Waals surface area contributed by atoms with Gasteiger partial charge in [-0.3, -0.25) is 13.9 Å². The number of rotatable bonds is 10. The third-order valence-corrected chi connectivity index (χ3v) is 8.39. The Morgan fingerprint density at radius 3 is 2.11 bits per heavy atom. The largest absolute Gasteiger partial charge is 0.352 e. The molecule has 10 heteroatoms. The Bertz CT molecular complexity index is 1380. The molecule has 1 atom stereocenters. The number of sulfonamides is 1. The highest BCUT2D eigenvalue weighted by molar-refractivity contribution is 7.92. The van der Waals surface area contributed by atoms with Gasteiger partial charge in [0.05, 0.1) is 20.6 Å². The highest BCUT2D eigenvalue weighted by Crippen LogP contribution is 2.26. The first-order valence-corrected chi connectivity index (χ1v) is 14.3. The molecule has 0 bridgehead atoms. The van der Waals surface area contributed by atoms with Crippen LogP contribution in [0.1, 0.15) is 31.9 Å². The third kappa shape index (κ3) is 7.28. The van der Waals surface area contributed by atoms with E-state index in [0.29, 0.717) is 21.3 Å². The van der Waals surface area contributed by atoms with Crippen molar-refractivity contribution >= 4 is 50.7 Å². The van der Waals surface area contributed by atoms with E-state index in [1.54, 1.807) is 67.6 Å². The monoisotopic (exact) mass is 575 g/mol. The van der Waals surface area contributed by atoms with Crippen molar-refractivity contribution in [1.29, 1.82) is 0 Å². The second-order valence-electron chi connectivity index (χ2n) is 9.27. The van der Waals surface area contributed by atoms with Crippen molar-refractivity contribution < 1.29 is 18.0 Å². The SMILES string of the molecule is Cc1ccc(N(CC(=O)N(Cc2ccc(Cl)c(Cl)c2)[C@H](C)C(=O)NC(C)C)S(=O)(=O)c2ccccc2)cc1. The van der Waals surface area contributed by atoms with Gasteiger partial charge in [-0.25, -0.2) is 8.42 Å². The summed E-state index contributed by atoms with van der Waals surface area (Å²) in [5.41, 5.74) is 1.92. The van der Waals surface area contributed by atoms with Gasteiger partial charge in [-0.05, 0) is 69.7 Å². The highest BCUT2D eigenvalue weighted by Gasteiger charge is 2.32. The Morgan fingerprint density at radius 2 is 1.53 bits per heavy atom.